The highest BCUT2D eigenvalue weighted by atomic mass is 35.5. The van der Waals surface area contributed by atoms with E-state index < -0.39 is 4.92 Å². The zero-order valence-corrected chi connectivity index (χ0v) is 16.7. The number of hydrogen-bond acceptors (Lipinski definition) is 6. The molecule has 0 atom stereocenters. The SMILES string of the molecule is CCCN(Cc1nnc(-c2ccccc2Cl)o1)C(=O)c1ccc(C)c([N+](=O)[O-])c1. The van der Waals surface area contributed by atoms with E-state index in [0.29, 0.717) is 29.1 Å². The number of aromatic nitrogens is 2. The van der Waals surface area contributed by atoms with Gasteiger partial charge in [0.1, 0.15) is 0 Å². The second-order valence-corrected chi connectivity index (χ2v) is 6.87. The molecule has 0 saturated heterocycles. The smallest absolute Gasteiger partial charge is 0.273 e. The number of rotatable bonds is 7. The number of carbonyl (C=O) groups excluding carboxylic acids is 1. The first-order valence-corrected chi connectivity index (χ1v) is 9.40. The third kappa shape index (κ3) is 4.60. The monoisotopic (exact) mass is 414 g/mol. The molecule has 1 aromatic heterocycles. The molecule has 29 heavy (non-hydrogen) atoms. The van der Waals surface area contributed by atoms with E-state index in [4.69, 9.17) is 16.0 Å². The molecular formula is C20H19ClN4O4. The van der Waals surface area contributed by atoms with E-state index in [0.717, 1.165) is 0 Å². The number of hydrogen-bond donors (Lipinski definition) is 0. The minimum Gasteiger partial charge on any atom is -0.419 e. The lowest BCUT2D eigenvalue weighted by atomic mass is 10.1. The molecule has 3 aromatic rings. The predicted octanol–water partition coefficient (Wildman–Crippen LogP) is 4.66. The van der Waals surface area contributed by atoms with Crippen LogP contribution in [0.5, 0.6) is 0 Å². The van der Waals surface area contributed by atoms with E-state index >= 15 is 0 Å². The molecule has 0 spiro atoms. The maximum absolute atomic E-state index is 12.9. The van der Waals surface area contributed by atoms with Crippen LogP contribution in [-0.4, -0.2) is 32.5 Å². The van der Waals surface area contributed by atoms with E-state index in [-0.39, 0.29) is 35.5 Å². The Labute approximate surface area is 172 Å². The van der Waals surface area contributed by atoms with Crippen LogP contribution < -0.4 is 0 Å². The van der Waals surface area contributed by atoms with Crippen LogP contribution in [0.15, 0.2) is 46.9 Å². The van der Waals surface area contributed by atoms with Crippen molar-refractivity contribution in [3.8, 4) is 11.5 Å². The topological polar surface area (TPSA) is 102 Å². The summed E-state index contributed by atoms with van der Waals surface area (Å²) in [6, 6.07) is 11.5. The number of halogens is 1. The van der Waals surface area contributed by atoms with Gasteiger partial charge >= 0.3 is 0 Å². The number of carbonyl (C=O) groups is 1. The summed E-state index contributed by atoms with van der Waals surface area (Å²) in [6.45, 7) is 4.09. The number of nitrogens with zero attached hydrogens (tertiary/aromatic N) is 4. The minimum absolute atomic E-state index is 0.0891. The molecule has 2 aromatic carbocycles. The highest BCUT2D eigenvalue weighted by molar-refractivity contribution is 6.33. The fourth-order valence-electron chi connectivity index (χ4n) is 2.87. The molecule has 9 heteroatoms. The molecule has 0 bridgehead atoms. The van der Waals surface area contributed by atoms with Gasteiger partial charge < -0.3 is 9.32 Å². The van der Waals surface area contributed by atoms with Crippen molar-refractivity contribution in [3.63, 3.8) is 0 Å². The third-order valence-electron chi connectivity index (χ3n) is 4.33. The van der Waals surface area contributed by atoms with Crippen LogP contribution in [0.4, 0.5) is 5.69 Å². The fraction of sp³-hybridized carbons (Fsp3) is 0.250. The standard InChI is InChI=1S/C20H19ClN4O4/c1-3-10-24(20(26)14-9-8-13(2)17(11-14)25(27)28)12-18-22-23-19(29-18)15-6-4-5-7-16(15)21/h4-9,11H,3,10,12H2,1-2H3. The molecule has 0 aliphatic carbocycles. The Morgan fingerprint density at radius 3 is 2.69 bits per heavy atom. The van der Waals surface area contributed by atoms with Gasteiger partial charge in [-0.15, -0.1) is 10.2 Å². The van der Waals surface area contributed by atoms with E-state index in [1.165, 1.54) is 11.0 Å². The maximum Gasteiger partial charge on any atom is 0.273 e. The Morgan fingerprint density at radius 2 is 2.00 bits per heavy atom. The predicted molar refractivity (Wildman–Crippen MR) is 108 cm³/mol. The van der Waals surface area contributed by atoms with Gasteiger partial charge in [0.2, 0.25) is 11.8 Å². The summed E-state index contributed by atoms with van der Waals surface area (Å²) in [4.78, 5) is 25.2. The summed E-state index contributed by atoms with van der Waals surface area (Å²) in [5, 5.41) is 19.7. The van der Waals surface area contributed by atoms with Gasteiger partial charge in [-0.05, 0) is 31.5 Å². The number of aryl methyl sites for hydroxylation is 1. The van der Waals surface area contributed by atoms with Gasteiger partial charge in [0.15, 0.2) is 0 Å². The Kier molecular flexibility index (Phi) is 6.23. The minimum atomic E-state index is -0.496. The zero-order valence-electron chi connectivity index (χ0n) is 16.0. The summed E-state index contributed by atoms with van der Waals surface area (Å²) < 4.78 is 5.69. The molecule has 150 valence electrons. The number of amides is 1. The van der Waals surface area contributed by atoms with Crippen molar-refractivity contribution in [1.29, 1.82) is 0 Å². The van der Waals surface area contributed by atoms with Crippen LogP contribution >= 0.6 is 11.6 Å². The molecule has 1 heterocycles. The van der Waals surface area contributed by atoms with Gasteiger partial charge in [-0.1, -0.05) is 36.7 Å². The second-order valence-electron chi connectivity index (χ2n) is 6.47. The van der Waals surface area contributed by atoms with Crippen LogP contribution in [0.1, 0.15) is 35.2 Å². The molecule has 3 rings (SSSR count). The first-order chi connectivity index (χ1) is 13.9. The van der Waals surface area contributed by atoms with Gasteiger partial charge in [0.25, 0.3) is 11.6 Å². The summed E-state index contributed by atoms with van der Waals surface area (Å²) in [7, 11) is 0. The highest BCUT2D eigenvalue weighted by Gasteiger charge is 2.22. The molecule has 1 amide bonds. The van der Waals surface area contributed by atoms with Gasteiger partial charge in [-0.3, -0.25) is 14.9 Å². The summed E-state index contributed by atoms with van der Waals surface area (Å²) >= 11 is 6.16. The largest absolute Gasteiger partial charge is 0.419 e. The van der Waals surface area contributed by atoms with Crippen molar-refractivity contribution >= 4 is 23.2 Å². The summed E-state index contributed by atoms with van der Waals surface area (Å²) in [6.07, 6.45) is 0.700. The fourth-order valence-corrected chi connectivity index (χ4v) is 3.08. The van der Waals surface area contributed by atoms with E-state index in [9.17, 15) is 14.9 Å². The Balaban J connectivity index is 1.84. The number of nitro benzene ring substituents is 1. The quantitative estimate of drug-likeness (QED) is 0.411. The third-order valence-corrected chi connectivity index (χ3v) is 4.66. The van der Waals surface area contributed by atoms with Crippen molar-refractivity contribution in [1.82, 2.24) is 15.1 Å². The maximum atomic E-state index is 12.9. The zero-order chi connectivity index (χ0) is 21.0. The van der Waals surface area contributed by atoms with Gasteiger partial charge in [0, 0.05) is 23.7 Å². The number of nitro groups is 1. The lowest BCUT2D eigenvalue weighted by Crippen LogP contribution is -2.31. The summed E-state index contributed by atoms with van der Waals surface area (Å²) in [5.41, 5.74) is 1.25. The molecule has 0 aliphatic heterocycles. The van der Waals surface area contributed by atoms with Crippen LogP contribution in [0.25, 0.3) is 11.5 Å². The van der Waals surface area contributed by atoms with Crippen LogP contribution in [-0.2, 0) is 6.54 Å². The normalized spacial score (nSPS) is 10.7. The van der Waals surface area contributed by atoms with Crippen LogP contribution in [0.3, 0.4) is 0 Å². The lowest BCUT2D eigenvalue weighted by molar-refractivity contribution is -0.385. The first kappa shape index (κ1) is 20.5. The Morgan fingerprint density at radius 1 is 1.24 bits per heavy atom. The second kappa shape index (κ2) is 8.83. The molecule has 0 saturated carbocycles. The molecule has 0 N–H and O–H groups in total. The van der Waals surface area contributed by atoms with Crippen molar-refractivity contribution in [2.24, 2.45) is 0 Å². The van der Waals surface area contributed by atoms with Gasteiger partial charge in [-0.2, -0.15) is 0 Å². The molecule has 0 unspecified atom stereocenters. The van der Waals surface area contributed by atoms with Gasteiger partial charge in [-0.25, -0.2) is 0 Å². The van der Waals surface area contributed by atoms with E-state index in [1.807, 2.05) is 13.0 Å². The van der Waals surface area contributed by atoms with Crippen molar-refractivity contribution in [2.45, 2.75) is 26.8 Å². The molecule has 8 nitrogen and oxygen atoms in total. The van der Waals surface area contributed by atoms with Crippen molar-refractivity contribution in [3.05, 3.63) is 74.6 Å². The Hall–Kier alpha value is -3.26. The molecular weight excluding hydrogens is 396 g/mol. The van der Waals surface area contributed by atoms with Crippen molar-refractivity contribution in [2.75, 3.05) is 6.54 Å². The average Bonchev–Trinajstić information content (AvgIpc) is 3.16. The van der Waals surface area contributed by atoms with Gasteiger partial charge in [0.05, 0.1) is 22.1 Å². The van der Waals surface area contributed by atoms with Crippen LogP contribution in [0, 0.1) is 17.0 Å². The summed E-state index contributed by atoms with van der Waals surface area (Å²) in [5.74, 6) is 0.177. The van der Waals surface area contributed by atoms with Crippen LogP contribution in [0.2, 0.25) is 5.02 Å². The van der Waals surface area contributed by atoms with E-state index in [2.05, 4.69) is 10.2 Å². The molecule has 0 aliphatic rings. The lowest BCUT2D eigenvalue weighted by Gasteiger charge is -2.20. The molecule has 0 radical (unpaired) electrons. The van der Waals surface area contributed by atoms with Crippen molar-refractivity contribution < 1.29 is 14.1 Å². The molecule has 0 fully saturated rings. The first-order valence-electron chi connectivity index (χ1n) is 9.02. The van der Waals surface area contributed by atoms with E-state index in [1.54, 1.807) is 37.3 Å². The average molecular weight is 415 g/mol. The number of benzene rings is 2. The highest BCUT2D eigenvalue weighted by Crippen LogP contribution is 2.27. The Bertz CT molecular complexity index is 1050.